The third kappa shape index (κ3) is 7.03. The molecule has 2 amide bonds. The number of aromatic nitrogens is 1. The van der Waals surface area contributed by atoms with E-state index in [2.05, 4.69) is 9.88 Å². The molecule has 200 valence electrons. The summed E-state index contributed by atoms with van der Waals surface area (Å²) in [5.74, 6) is -0.717. The van der Waals surface area contributed by atoms with E-state index in [1.54, 1.807) is 38.2 Å². The largest absolute Gasteiger partial charge is 0.492 e. The van der Waals surface area contributed by atoms with Gasteiger partial charge in [-0.2, -0.15) is 0 Å². The molecule has 4 rings (SSSR count). The molecule has 2 N–H and O–H groups in total. The molecule has 0 bridgehead atoms. The van der Waals surface area contributed by atoms with Crippen molar-refractivity contribution in [3.63, 3.8) is 0 Å². The number of hydrogen-bond donors (Lipinski definition) is 1. The first-order valence-electron chi connectivity index (χ1n) is 13.0. The van der Waals surface area contributed by atoms with E-state index in [4.69, 9.17) is 10.5 Å². The summed E-state index contributed by atoms with van der Waals surface area (Å²) in [6.07, 6.45) is 5.59. The van der Waals surface area contributed by atoms with Crippen LogP contribution >= 0.6 is 0 Å². The van der Waals surface area contributed by atoms with Crippen molar-refractivity contribution in [1.82, 2.24) is 14.8 Å². The summed E-state index contributed by atoms with van der Waals surface area (Å²) in [6.45, 7) is 6.35. The van der Waals surface area contributed by atoms with Crippen molar-refractivity contribution in [2.45, 2.75) is 57.7 Å². The van der Waals surface area contributed by atoms with Crippen LogP contribution in [0.4, 0.5) is 8.78 Å². The van der Waals surface area contributed by atoms with Crippen LogP contribution in [0.25, 0.3) is 11.3 Å². The third-order valence-corrected chi connectivity index (χ3v) is 7.12. The number of benzene rings is 1. The third-order valence-electron chi connectivity index (χ3n) is 7.12. The van der Waals surface area contributed by atoms with E-state index in [0.29, 0.717) is 49.0 Å². The van der Waals surface area contributed by atoms with Gasteiger partial charge in [-0.3, -0.25) is 14.6 Å². The van der Waals surface area contributed by atoms with Crippen LogP contribution < -0.4 is 10.5 Å². The first kappa shape index (κ1) is 27.0. The first-order valence-corrected chi connectivity index (χ1v) is 13.0. The Bertz CT molecular complexity index is 1100. The number of carbonyl (C=O) groups excluding carboxylic acids is 2. The van der Waals surface area contributed by atoms with E-state index in [9.17, 15) is 18.4 Å². The lowest BCUT2D eigenvalue weighted by Crippen LogP contribution is -2.50. The average molecular weight is 515 g/mol. The zero-order valence-corrected chi connectivity index (χ0v) is 21.6. The molecule has 1 atom stereocenters. The van der Waals surface area contributed by atoms with Crippen LogP contribution in [0, 0.1) is 11.7 Å². The minimum absolute atomic E-state index is 0.0852. The molecule has 2 aromatic rings. The van der Waals surface area contributed by atoms with Crippen molar-refractivity contribution in [2.75, 3.05) is 32.8 Å². The smallest absolute Gasteiger partial charge is 0.257 e. The van der Waals surface area contributed by atoms with Gasteiger partial charge < -0.3 is 20.3 Å². The van der Waals surface area contributed by atoms with E-state index in [-0.39, 0.29) is 5.56 Å². The van der Waals surface area contributed by atoms with E-state index in [1.807, 2.05) is 0 Å². The number of ether oxygens (including phenoxy) is 1. The highest BCUT2D eigenvalue weighted by Gasteiger charge is 2.32. The lowest BCUT2D eigenvalue weighted by molar-refractivity contribution is -0.123. The normalized spacial score (nSPS) is 19.6. The molecule has 7 nitrogen and oxygen atoms in total. The first-order chi connectivity index (χ1) is 17.6. The van der Waals surface area contributed by atoms with Crippen LogP contribution in [0.3, 0.4) is 0 Å². The molecular weight excluding hydrogens is 478 g/mol. The van der Waals surface area contributed by atoms with Gasteiger partial charge in [-0.25, -0.2) is 8.78 Å². The number of halogens is 2. The van der Waals surface area contributed by atoms with Gasteiger partial charge in [0.1, 0.15) is 23.3 Å². The van der Waals surface area contributed by atoms with E-state index in [1.165, 1.54) is 17.0 Å². The number of hydrogen-bond acceptors (Lipinski definition) is 5. The second-order valence-corrected chi connectivity index (χ2v) is 10.7. The average Bonchev–Trinajstić information content (AvgIpc) is 2.87. The molecule has 0 aliphatic carbocycles. The summed E-state index contributed by atoms with van der Waals surface area (Å²) in [7, 11) is 0. The zero-order chi connectivity index (χ0) is 26.6. The van der Waals surface area contributed by atoms with Gasteiger partial charge in [0.2, 0.25) is 5.91 Å². The van der Waals surface area contributed by atoms with E-state index in [0.717, 1.165) is 38.8 Å². The van der Waals surface area contributed by atoms with Crippen molar-refractivity contribution in [1.29, 1.82) is 0 Å². The highest BCUT2D eigenvalue weighted by molar-refractivity contribution is 5.98. The number of nitrogens with two attached hydrogens (primary N) is 1. The monoisotopic (exact) mass is 514 g/mol. The van der Waals surface area contributed by atoms with Gasteiger partial charge in [0, 0.05) is 18.7 Å². The number of carbonyl (C=O) groups is 2. The van der Waals surface area contributed by atoms with Gasteiger partial charge in [0.05, 0.1) is 24.1 Å². The van der Waals surface area contributed by atoms with Crippen LogP contribution in [-0.4, -0.2) is 71.1 Å². The lowest BCUT2D eigenvalue weighted by Gasteiger charge is -2.34. The summed E-state index contributed by atoms with van der Waals surface area (Å²) in [4.78, 5) is 32.6. The molecule has 1 aromatic heterocycles. The maximum atomic E-state index is 15.0. The Morgan fingerprint density at radius 3 is 2.49 bits per heavy atom. The Kier molecular flexibility index (Phi) is 8.42. The zero-order valence-electron chi connectivity index (χ0n) is 21.6. The predicted octanol–water partition coefficient (Wildman–Crippen LogP) is 4.21. The van der Waals surface area contributed by atoms with Gasteiger partial charge >= 0.3 is 0 Å². The minimum Gasteiger partial charge on any atom is -0.492 e. The van der Waals surface area contributed by atoms with Gasteiger partial charge in [-0.1, -0.05) is 6.07 Å². The van der Waals surface area contributed by atoms with Gasteiger partial charge in [-0.15, -0.1) is 0 Å². The van der Waals surface area contributed by atoms with E-state index >= 15 is 0 Å². The van der Waals surface area contributed by atoms with Crippen LogP contribution in [0.2, 0.25) is 0 Å². The molecule has 2 saturated heterocycles. The summed E-state index contributed by atoms with van der Waals surface area (Å²) in [6, 6.07) is 7.21. The quantitative estimate of drug-likeness (QED) is 0.570. The molecule has 0 saturated carbocycles. The Labute approximate surface area is 217 Å². The Hall–Kier alpha value is -3.07. The second-order valence-electron chi connectivity index (χ2n) is 10.7. The summed E-state index contributed by atoms with van der Waals surface area (Å²) < 4.78 is 34.7. The number of pyridine rings is 1. The lowest BCUT2D eigenvalue weighted by atomic mass is 9.97. The SMILES string of the molecule is CC(C)(F)CN1CCC(COc2ccc(-c3ccc(C(=O)N4CCCCC4C(N)=O)c(F)c3)nc2)CC1. The molecule has 2 aliphatic rings. The number of rotatable bonds is 8. The Balaban J connectivity index is 1.33. The van der Waals surface area contributed by atoms with Crippen LogP contribution in [0.5, 0.6) is 5.75 Å². The van der Waals surface area contributed by atoms with Crippen LogP contribution in [-0.2, 0) is 4.79 Å². The molecular formula is C28H36F2N4O3. The molecule has 2 fully saturated rings. The van der Waals surface area contributed by atoms with Crippen molar-refractivity contribution in [2.24, 2.45) is 11.7 Å². The fraction of sp³-hybridized carbons (Fsp3) is 0.536. The molecule has 3 heterocycles. The van der Waals surface area contributed by atoms with Crippen molar-refractivity contribution in [3.05, 3.63) is 47.9 Å². The van der Waals surface area contributed by atoms with Crippen molar-refractivity contribution in [3.8, 4) is 17.0 Å². The molecule has 0 spiro atoms. The minimum atomic E-state index is -1.18. The molecule has 1 unspecified atom stereocenters. The van der Waals surface area contributed by atoms with Crippen LogP contribution in [0.15, 0.2) is 36.5 Å². The Morgan fingerprint density at radius 1 is 1.11 bits per heavy atom. The van der Waals surface area contributed by atoms with Gasteiger partial charge in [0.25, 0.3) is 5.91 Å². The molecule has 2 aliphatic heterocycles. The van der Waals surface area contributed by atoms with Crippen molar-refractivity contribution >= 4 is 11.8 Å². The van der Waals surface area contributed by atoms with Gasteiger partial charge in [0.15, 0.2) is 0 Å². The number of amides is 2. The summed E-state index contributed by atoms with van der Waals surface area (Å²) in [5.41, 5.74) is 5.28. The summed E-state index contributed by atoms with van der Waals surface area (Å²) >= 11 is 0. The summed E-state index contributed by atoms with van der Waals surface area (Å²) in [5, 5.41) is 0. The fourth-order valence-electron chi connectivity index (χ4n) is 5.17. The number of likely N-dealkylation sites (tertiary alicyclic amines) is 2. The standard InChI is InChI=1S/C28H36F2N4O3/c1-28(2,30)18-33-13-10-19(11-14-33)17-37-21-7-9-24(32-16-21)20-6-8-22(23(29)15-20)27(36)34-12-4-3-5-25(34)26(31)35/h6-9,15-16,19,25H,3-5,10-14,17-18H2,1-2H3,(H2,31,35). The number of nitrogens with zero attached hydrogens (tertiary/aromatic N) is 3. The predicted molar refractivity (Wildman–Crippen MR) is 137 cm³/mol. The molecule has 9 heteroatoms. The van der Waals surface area contributed by atoms with Gasteiger partial charge in [-0.05, 0) is 89.2 Å². The maximum absolute atomic E-state index is 15.0. The molecule has 37 heavy (non-hydrogen) atoms. The maximum Gasteiger partial charge on any atom is 0.257 e. The van der Waals surface area contributed by atoms with Crippen molar-refractivity contribution < 1.29 is 23.1 Å². The van der Waals surface area contributed by atoms with E-state index < -0.39 is 29.3 Å². The molecule has 0 radical (unpaired) electrons. The second kappa shape index (κ2) is 11.5. The highest BCUT2D eigenvalue weighted by Crippen LogP contribution is 2.26. The number of piperidine rings is 2. The van der Waals surface area contributed by atoms with Crippen LogP contribution in [0.1, 0.15) is 56.3 Å². The Morgan fingerprint density at radius 2 is 1.86 bits per heavy atom. The highest BCUT2D eigenvalue weighted by atomic mass is 19.1. The topological polar surface area (TPSA) is 88.8 Å². The number of primary amides is 1. The molecule has 1 aromatic carbocycles. The fourth-order valence-corrected chi connectivity index (χ4v) is 5.17. The number of alkyl halides is 1.